The van der Waals surface area contributed by atoms with Gasteiger partial charge in [0, 0.05) is 18.0 Å². The molecule has 2 heterocycles. The number of fused-ring (bicyclic) bond motifs is 1. The Morgan fingerprint density at radius 1 is 1.31 bits per heavy atom. The van der Waals surface area contributed by atoms with Gasteiger partial charge in [0.05, 0.1) is 12.8 Å². The summed E-state index contributed by atoms with van der Waals surface area (Å²) in [6.07, 6.45) is 4.48. The molecule has 1 aliphatic heterocycles. The lowest BCUT2D eigenvalue weighted by Crippen LogP contribution is -2.12. The smallest absolute Gasteiger partial charge is 0.219 e. The highest BCUT2D eigenvalue weighted by molar-refractivity contribution is 5.35. The number of nitrogens with one attached hydrogen (secondary N) is 1. The molecule has 0 aromatic carbocycles. The number of methoxy groups -OCH3 is 1. The summed E-state index contributed by atoms with van der Waals surface area (Å²) in [7, 11) is 1.71. The summed E-state index contributed by atoms with van der Waals surface area (Å²) < 4.78 is 5.39. The Kier molecular flexibility index (Phi) is 2.52. The van der Waals surface area contributed by atoms with E-state index in [2.05, 4.69) is 10.3 Å². The minimum absolute atomic E-state index is 0.472. The fourth-order valence-electron chi connectivity index (χ4n) is 2.64. The van der Waals surface area contributed by atoms with E-state index in [4.69, 9.17) is 9.72 Å². The highest BCUT2D eigenvalue weighted by Gasteiger charge is 2.25. The number of rotatable bonds is 2. The van der Waals surface area contributed by atoms with Crippen molar-refractivity contribution in [3.05, 3.63) is 17.1 Å². The molecule has 16 heavy (non-hydrogen) atoms. The summed E-state index contributed by atoms with van der Waals surface area (Å²) in [6, 6.07) is 0. The summed E-state index contributed by atoms with van der Waals surface area (Å²) in [5, 5.41) is 3.36. The average molecular weight is 219 g/mol. The minimum atomic E-state index is 0.472. The number of aromatic nitrogens is 2. The highest BCUT2D eigenvalue weighted by Crippen LogP contribution is 2.30. The predicted molar refractivity (Wildman–Crippen MR) is 60.8 cm³/mol. The molecule has 2 aliphatic rings. The standard InChI is InChI=1S/C12H17N3O/c1-16-12-9-3-2-4-10(9)14-11(15-12)8-5-6-13-7-8/h8,13H,2-7H2,1H3. The van der Waals surface area contributed by atoms with E-state index in [-0.39, 0.29) is 0 Å². The first kappa shape index (κ1) is 10.0. The van der Waals surface area contributed by atoms with Gasteiger partial charge < -0.3 is 10.1 Å². The Morgan fingerprint density at radius 2 is 2.25 bits per heavy atom. The Bertz CT molecular complexity index is 399. The zero-order valence-corrected chi connectivity index (χ0v) is 9.62. The highest BCUT2D eigenvalue weighted by atomic mass is 16.5. The molecule has 1 aromatic heterocycles. The Labute approximate surface area is 95.4 Å². The normalized spacial score (nSPS) is 23.4. The van der Waals surface area contributed by atoms with Gasteiger partial charge in [0.1, 0.15) is 5.82 Å². The lowest BCUT2D eigenvalue weighted by atomic mass is 10.1. The second-order valence-electron chi connectivity index (χ2n) is 4.56. The summed E-state index contributed by atoms with van der Waals surface area (Å²) in [5.74, 6) is 2.26. The molecule has 0 saturated carbocycles. The van der Waals surface area contributed by atoms with Crippen LogP contribution >= 0.6 is 0 Å². The summed E-state index contributed by atoms with van der Waals surface area (Å²) in [4.78, 5) is 9.28. The second kappa shape index (κ2) is 4.01. The summed E-state index contributed by atoms with van der Waals surface area (Å²) in [5.41, 5.74) is 2.45. The molecular formula is C12H17N3O. The van der Waals surface area contributed by atoms with Crippen LogP contribution in [0.25, 0.3) is 0 Å². The van der Waals surface area contributed by atoms with Gasteiger partial charge in [-0.2, -0.15) is 4.98 Å². The fourth-order valence-corrected chi connectivity index (χ4v) is 2.64. The number of nitrogens with zero attached hydrogens (tertiary/aromatic N) is 2. The summed E-state index contributed by atoms with van der Waals surface area (Å²) >= 11 is 0. The van der Waals surface area contributed by atoms with E-state index in [0.717, 1.165) is 44.1 Å². The monoisotopic (exact) mass is 219 g/mol. The molecule has 1 fully saturated rings. The molecule has 3 rings (SSSR count). The lowest BCUT2D eigenvalue weighted by Gasteiger charge is -2.12. The molecule has 86 valence electrons. The number of hydrogen-bond donors (Lipinski definition) is 1. The van der Waals surface area contributed by atoms with E-state index < -0.39 is 0 Å². The van der Waals surface area contributed by atoms with Crippen LogP contribution in [0.1, 0.15) is 35.8 Å². The first-order valence-corrected chi connectivity index (χ1v) is 6.03. The summed E-state index contributed by atoms with van der Waals surface area (Å²) in [6.45, 7) is 2.08. The van der Waals surface area contributed by atoms with E-state index in [1.165, 1.54) is 17.7 Å². The third-order valence-corrected chi connectivity index (χ3v) is 3.53. The number of hydrogen-bond acceptors (Lipinski definition) is 4. The molecule has 1 atom stereocenters. The van der Waals surface area contributed by atoms with Crippen molar-refractivity contribution in [1.29, 1.82) is 0 Å². The van der Waals surface area contributed by atoms with Crippen molar-refractivity contribution in [2.75, 3.05) is 20.2 Å². The largest absolute Gasteiger partial charge is 0.481 e. The van der Waals surface area contributed by atoms with E-state index in [1.807, 2.05) is 0 Å². The van der Waals surface area contributed by atoms with Crippen LogP contribution in [-0.2, 0) is 12.8 Å². The van der Waals surface area contributed by atoms with Gasteiger partial charge in [-0.1, -0.05) is 0 Å². The van der Waals surface area contributed by atoms with Gasteiger partial charge in [-0.25, -0.2) is 4.98 Å². The third-order valence-electron chi connectivity index (χ3n) is 3.53. The van der Waals surface area contributed by atoms with Crippen LogP contribution in [0, 0.1) is 0 Å². The van der Waals surface area contributed by atoms with Gasteiger partial charge in [-0.05, 0) is 32.2 Å². The predicted octanol–water partition coefficient (Wildman–Crippen LogP) is 1.05. The van der Waals surface area contributed by atoms with E-state index >= 15 is 0 Å². The van der Waals surface area contributed by atoms with Crippen LogP contribution in [0.4, 0.5) is 0 Å². The maximum absolute atomic E-state index is 5.39. The van der Waals surface area contributed by atoms with Crippen molar-refractivity contribution in [3.63, 3.8) is 0 Å². The Hall–Kier alpha value is -1.16. The number of ether oxygens (including phenoxy) is 1. The first-order valence-electron chi connectivity index (χ1n) is 6.03. The molecule has 1 aliphatic carbocycles. The van der Waals surface area contributed by atoms with Gasteiger partial charge in [0.25, 0.3) is 0 Å². The van der Waals surface area contributed by atoms with Crippen LogP contribution in [0.3, 0.4) is 0 Å². The molecule has 1 aromatic rings. The third kappa shape index (κ3) is 1.57. The quantitative estimate of drug-likeness (QED) is 0.807. The topological polar surface area (TPSA) is 47.0 Å². The maximum atomic E-state index is 5.39. The van der Waals surface area contributed by atoms with Crippen molar-refractivity contribution in [2.24, 2.45) is 0 Å². The molecule has 0 spiro atoms. The molecule has 0 amide bonds. The van der Waals surface area contributed by atoms with Gasteiger partial charge >= 0.3 is 0 Å². The molecule has 0 radical (unpaired) electrons. The Morgan fingerprint density at radius 3 is 3.00 bits per heavy atom. The van der Waals surface area contributed by atoms with Crippen molar-refractivity contribution in [3.8, 4) is 5.88 Å². The van der Waals surface area contributed by atoms with Crippen LogP contribution in [0.15, 0.2) is 0 Å². The van der Waals surface area contributed by atoms with Crippen LogP contribution in [0.5, 0.6) is 5.88 Å². The van der Waals surface area contributed by atoms with Crippen molar-refractivity contribution in [2.45, 2.75) is 31.6 Å². The minimum Gasteiger partial charge on any atom is -0.481 e. The zero-order chi connectivity index (χ0) is 11.0. The molecular weight excluding hydrogens is 202 g/mol. The fraction of sp³-hybridized carbons (Fsp3) is 0.667. The van der Waals surface area contributed by atoms with Gasteiger partial charge in [-0.3, -0.25) is 0 Å². The molecule has 1 N–H and O–H groups in total. The van der Waals surface area contributed by atoms with Gasteiger partial charge in [0.15, 0.2) is 0 Å². The van der Waals surface area contributed by atoms with E-state index in [1.54, 1.807) is 7.11 Å². The average Bonchev–Trinajstić information content (AvgIpc) is 2.97. The lowest BCUT2D eigenvalue weighted by molar-refractivity contribution is 0.388. The molecule has 1 saturated heterocycles. The SMILES string of the molecule is COc1nc(C2CCNC2)nc2c1CCC2. The van der Waals surface area contributed by atoms with Crippen LogP contribution in [-0.4, -0.2) is 30.2 Å². The first-order chi connectivity index (χ1) is 7.88. The van der Waals surface area contributed by atoms with Crippen molar-refractivity contribution in [1.82, 2.24) is 15.3 Å². The van der Waals surface area contributed by atoms with Crippen LogP contribution < -0.4 is 10.1 Å². The number of aryl methyl sites for hydroxylation is 1. The van der Waals surface area contributed by atoms with Gasteiger partial charge in [-0.15, -0.1) is 0 Å². The molecule has 4 heteroatoms. The van der Waals surface area contributed by atoms with E-state index in [9.17, 15) is 0 Å². The molecule has 4 nitrogen and oxygen atoms in total. The molecule has 0 bridgehead atoms. The zero-order valence-electron chi connectivity index (χ0n) is 9.62. The van der Waals surface area contributed by atoms with Crippen LogP contribution in [0.2, 0.25) is 0 Å². The second-order valence-corrected chi connectivity index (χ2v) is 4.56. The van der Waals surface area contributed by atoms with Crippen molar-refractivity contribution >= 4 is 0 Å². The van der Waals surface area contributed by atoms with Gasteiger partial charge in [0.2, 0.25) is 5.88 Å². The van der Waals surface area contributed by atoms with E-state index in [0.29, 0.717) is 5.92 Å². The van der Waals surface area contributed by atoms with Crippen molar-refractivity contribution < 1.29 is 4.74 Å². The Balaban J connectivity index is 2.00. The molecule has 1 unspecified atom stereocenters. The maximum Gasteiger partial charge on any atom is 0.219 e.